The first kappa shape index (κ1) is 18.6. The highest BCUT2D eigenvalue weighted by molar-refractivity contribution is 5.85. The minimum absolute atomic E-state index is 0.833. The molecule has 0 bridgehead atoms. The van der Waals surface area contributed by atoms with Gasteiger partial charge in [-0.25, -0.2) is 0 Å². The van der Waals surface area contributed by atoms with Crippen molar-refractivity contribution in [2.75, 3.05) is 6.61 Å². The van der Waals surface area contributed by atoms with E-state index < -0.39 is 0 Å². The fraction of sp³-hybridized carbons (Fsp3) is 0.478. The van der Waals surface area contributed by atoms with Crippen molar-refractivity contribution in [3.8, 4) is 0 Å². The molecule has 0 unspecified atom stereocenters. The van der Waals surface area contributed by atoms with Crippen molar-refractivity contribution in [2.45, 2.75) is 65.2 Å². The summed E-state index contributed by atoms with van der Waals surface area (Å²) in [5, 5.41) is 2.57. The number of unbranched alkanes of at least 4 members (excludes halogenated alkanes) is 7. The van der Waals surface area contributed by atoms with E-state index in [2.05, 4.69) is 56.3 Å². The second kappa shape index (κ2) is 10.9. The second-order valence-electron chi connectivity index (χ2n) is 6.71. The van der Waals surface area contributed by atoms with Gasteiger partial charge in [0.2, 0.25) is 0 Å². The molecule has 0 atom stereocenters. The third-order valence-corrected chi connectivity index (χ3v) is 4.58. The minimum atomic E-state index is 0.833. The van der Waals surface area contributed by atoms with E-state index in [-0.39, 0.29) is 0 Å². The predicted molar refractivity (Wildman–Crippen MR) is 106 cm³/mol. The van der Waals surface area contributed by atoms with Gasteiger partial charge in [0, 0.05) is 0 Å². The van der Waals surface area contributed by atoms with Crippen LogP contribution in [0.3, 0.4) is 0 Å². The lowest BCUT2D eigenvalue weighted by Gasteiger charge is -2.06. The third kappa shape index (κ3) is 6.39. The zero-order chi connectivity index (χ0) is 17.0. The van der Waals surface area contributed by atoms with Crippen LogP contribution in [0.15, 0.2) is 48.7 Å². The van der Waals surface area contributed by atoms with E-state index in [9.17, 15) is 0 Å². The van der Waals surface area contributed by atoms with Gasteiger partial charge in [0.1, 0.15) is 0 Å². The van der Waals surface area contributed by atoms with Crippen LogP contribution in [0.1, 0.15) is 70.8 Å². The first-order valence-corrected chi connectivity index (χ1v) is 9.59. The molecule has 0 spiro atoms. The number of benzene rings is 2. The Balaban J connectivity index is 1.66. The van der Waals surface area contributed by atoms with Crippen LogP contribution >= 0.6 is 0 Å². The van der Waals surface area contributed by atoms with Crippen LogP contribution in [0.5, 0.6) is 0 Å². The number of hydrogen-bond acceptors (Lipinski definition) is 1. The Morgan fingerprint density at radius 3 is 2.25 bits per heavy atom. The van der Waals surface area contributed by atoms with Gasteiger partial charge in [0.05, 0.1) is 12.9 Å². The Hall–Kier alpha value is -1.76. The number of fused-ring (bicyclic) bond motifs is 1. The highest BCUT2D eigenvalue weighted by Gasteiger charge is 1.99. The average molecular weight is 325 g/mol. The van der Waals surface area contributed by atoms with E-state index in [1.807, 2.05) is 6.26 Å². The normalized spacial score (nSPS) is 11.8. The van der Waals surface area contributed by atoms with Crippen molar-refractivity contribution >= 4 is 16.3 Å². The Morgan fingerprint density at radius 2 is 1.50 bits per heavy atom. The summed E-state index contributed by atoms with van der Waals surface area (Å²) in [4.78, 5) is 0. The van der Waals surface area contributed by atoms with Crippen LogP contribution in [0.4, 0.5) is 0 Å². The standard InChI is InChI=1S/C23H32O/c1-3-4-5-6-7-8-9-12-17-24-19-20(2)22-16-15-21-13-10-11-14-23(21)18-22/h10-11,13-16,18-19H,3-9,12,17H2,1-2H3. The molecule has 1 nitrogen and oxygen atoms in total. The fourth-order valence-electron chi connectivity index (χ4n) is 3.01. The molecule has 0 radical (unpaired) electrons. The minimum Gasteiger partial charge on any atom is -0.501 e. The van der Waals surface area contributed by atoms with Crippen molar-refractivity contribution in [1.82, 2.24) is 0 Å². The van der Waals surface area contributed by atoms with E-state index in [4.69, 9.17) is 4.74 Å². The lowest BCUT2D eigenvalue weighted by atomic mass is 10.0. The SMILES string of the molecule is CCCCCCCCCCOC=C(C)c1ccc2ccccc2c1. The summed E-state index contributed by atoms with van der Waals surface area (Å²) >= 11 is 0. The number of ether oxygens (including phenoxy) is 1. The third-order valence-electron chi connectivity index (χ3n) is 4.58. The largest absolute Gasteiger partial charge is 0.501 e. The number of allylic oxidation sites excluding steroid dienone is 1. The Labute approximate surface area is 147 Å². The van der Waals surface area contributed by atoms with Crippen LogP contribution < -0.4 is 0 Å². The molecule has 130 valence electrons. The summed E-state index contributed by atoms with van der Waals surface area (Å²) in [6.45, 7) is 5.22. The monoisotopic (exact) mass is 324 g/mol. The molecule has 2 rings (SSSR count). The molecule has 0 heterocycles. The van der Waals surface area contributed by atoms with Crippen molar-refractivity contribution in [1.29, 1.82) is 0 Å². The van der Waals surface area contributed by atoms with Crippen molar-refractivity contribution in [3.05, 3.63) is 54.3 Å². The highest BCUT2D eigenvalue weighted by atomic mass is 16.5. The van der Waals surface area contributed by atoms with Crippen LogP contribution in [0, 0.1) is 0 Å². The van der Waals surface area contributed by atoms with Gasteiger partial charge in [-0.1, -0.05) is 88.3 Å². The number of rotatable bonds is 11. The summed E-state index contributed by atoms with van der Waals surface area (Å²) in [6, 6.07) is 15.1. The van der Waals surface area contributed by atoms with Gasteiger partial charge in [-0.05, 0) is 41.3 Å². The predicted octanol–water partition coefficient (Wildman–Crippen LogP) is 7.36. The summed E-state index contributed by atoms with van der Waals surface area (Å²) in [5.41, 5.74) is 2.44. The first-order valence-electron chi connectivity index (χ1n) is 9.59. The molecule has 24 heavy (non-hydrogen) atoms. The second-order valence-corrected chi connectivity index (χ2v) is 6.71. The first-order chi connectivity index (χ1) is 11.8. The van der Waals surface area contributed by atoms with E-state index >= 15 is 0 Å². The summed E-state index contributed by atoms with van der Waals surface area (Å²) in [6.07, 6.45) is 12.6. The summed E-state index contributed by atoms with van der Waals surface area (Å²) in [5.74, 6) is 0. The number of hydrogen-bond donors (Lipinski definition) is 0. The van der Waals surface area contributed by atoms with E-state index in [0.717, 1.165) is 13.0 Å². The maximum atomic E-state index is 5.74. The quantitative estimate of drug-likeness (QED) is 0.310. The maximum absolute atomic E-state index is 5.74. The molecule has 0 N–H and O–H groups in total. The summed E-state index contributed by atoms with van der Waals surface area (Å²) < 4.78 is 5.74. The molecule has 0 saturated heterocycles. The van der Waals surface area contributed by atoms with Gasteiger partial charge in [-0.15, -0.1) is 0 Å². The van der Waals surface area contributed by atoms with E-state index in [0.29, 0.717) is 0 Å². The molecule has 0 saturated carbocycles. The van der Waals surface area contributed by atoms with Gasteiger partial charge in [-0.3, -0.25) is 0 Å². The molecule has 1 heteroatoms. The molecule has 0 fully saturated rings. The molecule has 2 aromatic rings. The molecule has 2 aromatic carbocycles. The molecular weight excluding hydrogens is 292 g/mol. The van der Waals surface area contributed by atoms with Gasteiger partial charge in [0.15, 0.2) is 0 Å². The zero-order valence-corrected chi connectivity index (χ0v) is 15.4. The van der Waals surface area contributed by atoms with Crippen molar-refractivity contribution in [2.24, 2.45) is 0 Å². The molecule has 0 aromatic heterocycles. The Bertz CT molecular complexity index is 627. The van der Waals surface area contributed by atoms with Gasteiger partial charge < -0.3 is 4.74 Å². The molecule has 0 amide bonds. The lowest BCUT2D eigenvalue weighted by molar-refractivity contribution is 0.241. The van der Waals surface area contributed by atoms with Gasteiger partial charge >= 0.3 is 0 Å². The lowest BCUT2D eigenvalue weighted by Crippen LogP contribution is -1.90. The summed E-state index contributed by atoms with van der Waals surface area (Å²) in [7, 11) is 0. The zero-order valence-electron chi connectivity index (χ0n) is 15.4. The van der Waals surface area contributed by atoms with E-state index in [1.54, 1.807) is 0 Å². The average Bonchev–Trinajstić information content (AvgIpc) is 2.62. The smallest absolute Gasteiger partial charge is 0.0873 e. The van der Waals surface area contributed by atoms with Crippen LogP contribution in [0.25, 0.3) is 16.3 Å². The van der Waals surface area contributed by atoms with Crippen LogP contribution in [0.2, 0.25) is 0 Å². The molecule has 0 aliphatic carbocycles. The molecule has 0 aliphatic rings. The van der Waals surface area contributed by atoms with Gasteiger partial charge in [-0.2, -0.15) is 0 Å². The maximum Gasteiger partial charge on any atom is 0.0873 e. The van der Waals surface area contributed by atoms with Crippen molar-refractivity contribution < 1.29 is 4.74 Å². The van der Waals surface area contributed by atoms with E-state index in [1.165, 1.54) is 66.9 Å². The van der Waals surface area contributed by atoms with Crippen LogP contribution in [-0.4, -0.2) is 6.61 Å². The molecule has 0 aliphatic heterocycles. The fourth-order valence-corrected chi connectivity index (χ4v) is 3.01. The Morgan fingerprint density at radius 1 is 0.833 bits per heavy atom. The van der Waals surface area contributed by atoms with Crippen LogP contribution in [-0.2, 0) is 4.74 Å². The highest BCUT2D eigenvalue weighted by Crippen LogP contribution is 2.21. The topological polar surface area (TPSA) is 9.23 Å². The van der Waals surface area contributed by atoms with Gasteiger partial charge in [0.25, 0.3) is 0 Å². The molecular formula is C23H32O. The van der Waals surface area contributed by atoms with Crippen molar-refractivity contribution in [3.63, 3.8) is 0 Å². The Kier molecular flexibility index (Phi) is 8.45.